The summed E-state index contributed by atoms with van der Waals surface area (Å²) >= 11 is 0. The fourth-order valence-corrected chi connectivity index (χ4v) is 3.04. The van der Waals surface area contributed by atoms with E-state index in [1.165, 1.54) is 11.1 Å². The standard InChI is InChI=1S/C20H23NO4.C6H13NO2/c1-14-8-9-16(12-15(14)2)10-11-18(19(22)23)21-20(24)25-13-17-6-4-3-5-7-17;1-4(2)3-5(7)6(8)9/h3-9,12,18H,10-11,13H2,1-2H3,(H,21,24)(H,22,23);4-5H,3,7H2,1-2H3,(H,8,9)/t18-;/m0./s1. The summed E-state index contributed by atoms with van der Waals surface area (Å²) in [6.07, 6.45) is 0.696. The zero-order chi connectivity index (χ0) is 25.7. The van der Waals surface area contributed by atoms with Crippen LogP contribution in [0.3, 0.4) is 0 Å². The summed E-state index contributed by atoms with van der Waals surface area (Å²) in [4.78, 5) is 33.3. The SMILES string of the molecule is CC(C)CC(N)C(=O)O.Cc1ccc(CC[C@H](NC(=O)OCc2ccccc2)C(=O)O)cc1C. The van der Waals surface area contributed by atoms with Gasteiger partial charge >= 0.3 is 18.0 Å². The lowest BCUT2D eigenvalue weighted by molar-refractivity contribution is -0.140. The fourth-order valence-electron chi connectivity index (χ4n) is 3.04. The fraction of sp³-hybridized carbons (Fsp3) is 0.423. The summed E-state index contributed by atoms with van der Waals surface area (Å²) in [5, 5.41) is 20.0. The highest BCUT2D eigenvalue weighted by molar-refractivity contribution is 5.79. The number of carboxylic acids is 2. The van der Waals surface area contributed by atoms with Gasteiger partial charge in [-0.3, -0.25) is 4.79 Å². The largest absolute Gasteiger partial charge is 0.480 e. The Kier molecular flexibility index (Phi) is 12.4. The molecule has 0 heterocycles. The third-order valence-electron chi connectivity index (χ3n) is 5.14. The van der Waals surface area contributed by atoms with Gasteiger partial charge in [-0.25, -0.2) is 9.59 Å². The lowest BCUT2D eigenvalue weighted by atomic mass is 10.0. The van der Waals surface area contributed by atoms with Crippen molar-refractivity contribution in [3.05, 3.63) is 70.8 Å². The summed E-state index contributed by atoms with van der Waals surface area (Å²) in [6.45, 7) is 8.05. The number of amides is 1. The maximum absolute atomic E-state index is 11.8. The van der Waals surface area contributed by atoms with E-state index >= 15 is 0 Å². The molecular formula is C26H36N2O6. The number of hydrogen-bond donors (Lipinski definition) is 4. The van der Waals surface area contributed by atoms with Crippen LogP contribution in [-0.4, -0.2) is 40.3 Å². The first-order chi connectivity index (χ1) is 16.0. The summed E-state index contributed by atoms with van der Waals surface area (Å²) in [5.74, 6) is -1.62. The highest BCUT2D eigenvalue weighted by atomic mass is 16.5. The van der Waals surface area contributed by atoms with Crippen LogP contribution >= 0.6 is 0 Å². The molecule has 0 aliphatic carbocycles. The molecule has 0 aromatic heterocycles. The van der Waals surface area contributed by atoms with Gasteiger partial charge in [0.05, 0.1) is 0 Å². The van der Waals surface area contributed by atoms with Crippen LogP contribution < -0.4 is 11.1 Å². The minimum Gasteiger partial charge on any atom is -0.480 e. The Morgan fingerprint density at radius 1 is 0.941 bits per heavy atom. The molecule has 1 unspecified atom stereocenters. The maximum Gasteiger partial charge on any atom is 0.408 e. The highest BCUT2D eigenvalue weighted by Crippen LogP contribution is 2.12. The van der Waals surface area contributed by atoms with Gasteiger partial charge < -0.3 is 26.0 Å². The van der Waals surface area contributed by atoms with Crippen LogP contribution in [0.2, 0.25) is 0 Å². The third kappa shape index (κ3) is 11.5. The van der Waals surface area contributed by atoms with Crippen molar-refractivity contribution >= 4 is 18.0 Å². The van der Waals surface area contributed by atoms with Crippen LogP contribution in [-0.2, 0) is 27.4 Å². The molecule has 186 valence electrons. The summed E-state index contributed by atoms with van der Waals surface area (Å²) < 4.78 is 5.08. The average molecular weight is 473 g/mol. The van der Waals surface area contributed by atoms with Crippen molar-refractivity contribution in [2.45, 2.75) is 65.6 Å². The van der Waals surface area contributed by atoms with E-state index in [0.717, 1.165) is 11.1 Å². The number of aliphatic carboxylic acids is 2. The van der Waals surface area contributed by atoms with Gasteiger partial charge in [0, 0.05) is 0 Å². The molecule has 0 aliphatic heterocycles. The van der Waals surface area contributed by atoms with E-state index in [0.29, 0.717) is 25.2 Å². The predicted molar refractivity (Wildman–Crippen MR) is 130 cm³/mol. The van der Waals surface area contributed by atoms with Gasteiger partial charge in [0.15, 0.2) is 0 Å². The number of ether oxygens (including phenoxy) is 1. The molecule has 8 heteroatoms. The van der Waals surface area contributed by atoms with Gasteiger partial charge in [-0.2, -0.15) is 0 Å². The highest BCUT2D eigenvalue weighted by Gasteiger charge is 2.20. The Balaban J connectivity index is 0.000000546. The Hall–Kier alpha value is -3.39. The summed E-state index contributed by atoms with van der Waals surface area (Å²) in [7, 11) is 0. The van der Waals surface area contributed by atoms with E-state index in [-0.39, 0.29) is 6.61 Å². The minimum atomic E-state index is -1.07. The molecule has 2 atom stereocenters. The van der Waals surface area contributed by atoms with Crippen molar-refractivity contribution in [2.24, 2.45) is 11.7 Å². The molecule has 0 aliphatic rings. The Labute approximate surface area is 201 Å². The number of alkyl carbamates (subject to hydrolysis) is 1. The van der Waals surface area contributed by atoms with Gasteiger partial charge in [0.1, 0.15) is 18.7 Å². The topological polar surface area (TPSA) is 139 Å². The van der Waals surface area contributed by atoms with Gasteiger partial charge in [-0.05, 0) is 61.3 Å². The first kappa shape index (κ1) is 28.6. The molecule has 0 fully saturated rings. The molecule has 2 aromatic rings. The zero-order valence-electron chi connectivity index (χ0n) is 20.3. The molecular weight excluding hydrogens is 436 g/mol. The second-order valence-electron chi connectivity index (χ2n) is 8.63. The van der Waals surface area contributed by atoms with Gasteiger partial charge in [0.25, 0.3) is 0 Å². The van der Waals surface area contributed by atoms with Crippen LogP contribution in [0.5, 0.6) is 0 Å². The lowest BCUT2D eigenvalue weighted by Crippen LogP contribution is -2.41. The van der Waals surface area contributed by atoms with Crippen LogP contribution in [0, 0.1) is 19.8 Å². The molecule has 0 saturated heterocycles. The Morgan fingerprint density at radius 2 is 1.59 bits per heavy atom. The molecule has 2 rings (SSSR count). The second-order valence-corrected chi connectivity index (χ2v) is 8.63. The Morgan fingerprint density at radius 3 is 2.09 bits per heavy atom. The van der Waals surface area contributed by atoms with Crippen LogP contribution in [0.4, 0.5) is 4.79 Å². The number of carboxylic acid groups (broad SMARTS) is 2. The molecule has 34 heavy (non-hydrogen) atoms. The molecule has 0 saturated carbocycles. The number of aryl methyl sites for hydroxylation is 3. The minimum absolute atomic E-state index is 0.107. The number of benzene rings is 2. The molecule has 0 spiro atoms. The quantitative estimate of drug-likeness (QED) is 0.409. The first-order valence-electron chi connectivity index (χ1n) is 11.2. The van der Waals surface area contributed by atoms with Crippen molar-refractivity contribution in [1.82, 2.24) is 5.32 Å². The number of rotatable bonds is 10. The van der Waals surface area contributed by atoms with Crippen LogP contribution in [0.15, 0.2) is 48.5 Å². The van der Waals surface area contributed by atoms with Gasteiger partial charge in [-0.1, -0.05) is 62.4 Å². The normalized spacial score (nSPS) is 12.2. The number of hydrogen-bond acceptors (Lipinski definition) is 5. The average Bonchev–Trinajstić information content (AvgIpc) is 2.78. The van der Waals surface area contributed by atoms with Crippen molar-refractivity contribution < 1.29 is 29.3 Å². The van der Waals surface area contributed by atoms with E-state index in [1.54, 1.807) is 0 Å². The molecule has 8 nitrogen and oxygen atoms in total. The predicted octanol–water partition coefficient (Wildman–Crippen LogP) is 4.06. The zero-order valence-corrected chi connectivity index (χ0v) is 20.3. The van der Waals surface area contributed by atoms with E-state index in [1.807, 2.05) is 76.2 Å². The molecule has 5 N–H and O–H groups in total. The van der Waals surface area contributed by atoms with Crippen LogP contribution in [0.1, 0.15) is 48.9 Å². The number of nitrogens with one attached hydrogen (secondary N) is 1. The number of carbonyl (C=O) groups excluding carboxylic acids is 1. The van der Waals surface area contributed by atoms with Crippen molar-refractivity contribution in [3.8, 4) is 0 Å². The maximum atomic E-state index is 11.8. The van der Waals surface area contributed by atoms with Crippen LogP contribution in [0.25, 0.3) is 0 Å². The van der Waals surface area contributed by atoms with Gasteiger partial charge in [0.2, 0.25) is 0 Å². The molecule has 0 bridgehead atoms. The van der Waals surface area contributed by atoms with Crippen molar-refractivity contribution in [2.75, 3.05) is 0 Å². The summed E-state index contributed by atoms with van der Waals surface area (Å²) in [5.41, 5.74) is 9.48. The molecule has 0 radical (unpaired) electrons. The number of nitrogens with two attached hydrogens (primary N) is 1. The van der Waals surface area contributed by atoms with Gasteiger partial charge in [-0.15, -0.1) is 0 Å². The van der Waals surface area contributed by atoms with E-state index in [4.69, 9.17) is 15.6 Å². The van der Waals surface area contributed by atoms with Crippen molar-refractivity contribution in [3.63, 3.8) is 0 Å². The first-order valence-corrected chi connectivity index (χ1v) is 11.2. The number of carbonyl (C=O) groups is 3. The Bertz CT molecular complexity index is 930. The van der Waals surface area contributed by atoms with E-state index in [9.17, 15) is 19.5 Å². The lowest BCUT2D eigenvalue weighted by Gasteiger charge is -2.15. The van der Waals surface area contributed by atoms with E-state index in [2.05, 4.69) is 5.32 Å². The monoisotopic (exact) mass is 472 g/mol. The summed E-state index contributed by atoms with van der Waals surface area (Å²) in [6, 6.07) is 13.6. The second kappa shape index (κ2) is 14.7. The third-order valence-corrected chi connectivity index (χ3v) is 5.14. The molecule has 2 aromatic carbocycles. The van der Waals surface area contributed by atoms with Crippen molar-refractivity contribution in [1.29, 1.82) is 0 Å². The smallest absolute Gasteiger partial charge is 0.408 e. The van der Waals surface area contributed by atoms with E-state index < -0.39 is 30.1 Å². The molecule has 1 amide bonds.